The largest absolute Gasteiger partial charge is 0.375 e. The number of nitrogens with zero attached hydrogens (tertiary/aromatic N) is 1. The van der Waals surface area contributed by atoms with Gasteiger partial charge >= 0.3 is 0 Å². The molecule has 0 bridgehead atoms. The first-order valence-corrected chi connectivity index (χ1v) is 6.13. The number of carbonyl (C=O) groups excluding carboxylic acids is 1. The molecule has 1 amide bonds. The fraction of sp³-hybridized carbons (Fsp3) is 0.200. The van der Waals surface area contributed by atoms with E-state index in [4.69, 9.17) is 0 Å². The Morgan fingerprint density at radius 3 is 2.74 bits per heavy atom. The van der Waals surface area contributed by atoms with E-state index in [1.54, 1.807) is 24.5 Å². The molecule has 2 aromatic rings. The minimum Gasteiger partial charge on any atom is -0.375 e. The molecule has 0 radical (unpaired) electrons. The molecule has 0 saturated carbocycles. The molecule has 0 saturated heterocycles. The summed E-state index contributed by atoms with van der Waals surface area (Å²) >= 11 is 0. The van der Waals surface area contributed by atoms with E-state index in [1.165, 1.54) is 0 Å². The second kappa shape index (κ2) is 4.17. The van der Waals surface area contributed by atoms with Gasteiger partial charge in [-0.25, -0.2) is 0 Å². The minimum atomic E-state index is -1.50. The minimum absolute atomic E-state index is 0.248. The number of anilines is 1. The van der Waals surface area contributed by atoms with Gasteiger partial charge < -0.3 is 10.4 Å². The van der Waals surface area contributed by atoms with Crippen LogP contribution in [0.5, 0.6) is 0 Å². The topological polar surface area (TPSA) is 62.2 Å². The number of benzene rings is 1. The Bertz CT molecular complexity index is 640. The van der Waals surface area contributed by atoms with Crippen LogP contribution in [0.1, 0.15) is 16.7 Å². The lowest BCUT2D eigenvalue weighted by Gasteiger charge is -2.21. The van der Waals surface area contributed by atoms with Crippen LogP contribution >= 0.6 is 0 Å². The van der Waals surface area contributed by atoms with Crippen LogP contribution in [0, 0.1) is 6.92 Å². The van der Waals surface area contributed by atoms with Crippen molar-refractivity contribution in [2.75, 3.05) is 5.32 Å². The van der Waals surface area contributed by atoms with E-state index in [1.807, 2.05) is 25.1 Å². The van der Waals surface area contributed by atoms with Gasteiger partial charge in [-0.3, -0.25) is 9.78 Å². The Labute approximate surface area is 111 Å². The summed E-state index contributed by atoms with van der Waals surface area (Å²) in [5.41, 5.74) is 1.73. The van der Waals surface area contributed by atoms with Crippen molar-refractivity contribution in [1.82, 2.24) is 4.98 Å². The molecule has 0 fully saturated rings. The van der Waals surface area contributed by atoms with Crippen molar-refractivity contribution < 1.29 is 9.90 Å². The fourth-order valence-electron chi connectivity index (χ4n) is 2.43. The highest BCUT2D eigenvalue weighted by molar-refractivity contribution is 6.05. The number of rotatable bonds is 2. The van der Waals surface area contributed by atoms with E-state index in [-0.39, 0.29) is 12.3 Å². The van der Waals surface area contributed by atoms with Gasteiger partial charge in [-0.1, -0.05) is 17.7 Å². The van der Waals surface area contributed by atoms with E-state index < -0.39 is 5.60 Å². The quantitative estimate of drug-likeness (QED) is 0.858. The third-order valence-electron chi connectivity index (χ3n) is 3.45. The lowest BCUT2D eigenvalue weighted by atomic mass is 9.88. The molecule has 2 N–H and O–H groups in total. The molecule has 0 aliphatic carbocycles. The van der Waals surface area contributed by atoms with Gasteiger partial charge in [-0.15, -0.1) is 0 Å². The summed E-state index contributed by atoms with van der Waals surface area (Å²) in [4.78, 5) is 16.0. The molecule has 0 spiro atoms. The number of amides is 1. The van der Waals surface area contributed by atoms with E-state index >= 15 is 0 Å². The highest BCUT2D eigenvalue weighted by Gasteiger charge is 2.45. The number of hydrogen-bond donors (Lipinski definition) is 2. The maximum atomic E-state index is 12.1. The molecule has 1 aliphatic heterocycles. The maximum Gasteiger partial charge on any atom is 0.261 e. The van der Waals surface area contributed by atoms with Crippen molar-refractivity contribution >= 4 is 11.6 Å². The molecule has 1 aromatic heterocycles. The number of aliphatic hydroxyl groups is 1. The van der Waals surface area contributed by atoms with Crippen LogP contribution in [0.3, 0.4) is 0 Å². The summed E-state index contributed by atoms with van der Waals surface area (Å²) in [5.74, 6) is -0.370. The van der Waals surface area contributed by atoms with Gasteiger partial charge in [0, 0.05) is 30.1 Å². The SMILES string of the molecule is Cc1ccc2c(c1)C(O)(Cc1ccncc1)C(=O)N2. The normalized spacial score (nSPS) is 21.1. The first-order valence-electron chi connectivity index (χ1n) is 6.13. The second-order valence-corrected chi connectivity index (χ2v) is 4.90. The summed E-state index contributed by atoms with van der Waals surface area (Å²) in [6, 6.07) is 9.21. The van der Waals surface area contributed by atoms with E-state index in [0.29, 0.717) is 11.3 Å². The number of aromatic nitrogens is 1. The van der Waals surface area contributed by atoms with Crippen LogP contribution in [-0.4, -0.2) is 16.0 Å². The molecule has 96 valence electrons. The molecule has 4 heteroatoms. The molecular weight excluding hydrogens is 240 g/mol. The first kappa shape index (κ1) is 11.9. The first-order chi connectivity index (χ1) is 9.09. The summed E-state index contributed by atoms with van der Waals surface area (Å²) in [5, 5.41) is 13.5. The Balaban J connectivity index is 2.04. The van der Waals surface area contributed by atoms with Gasteiger partial charge in [0.2, 0.25) is 0 Å². The monoisotopic (exact) mass is 254 g/mol. The van der Waals surface area contributed by atoms with Gasteiger partial charge in [0.25, 0.3) is 5.91 Å². The molecule has 4 nitrogen and oxygen atoms in total. The van der Waals surface area contributed by atoms with E-state index in [2.05, 4.69) is 10.3 Å². The molecule has 1 aliphatic rings. The van der Waals surface area contributed by atoms with Crippen molar-refractivity contribution in [3.63, 3.8) is 0 Å². The van der Waals surface area contributed by atoms with E-state index in [0.717, 1.165) is 11.1 Å². The van der Waals surface area contributed by atoms with Crippen molar-refractivity contribution in [3.8, 4) is 0 Å². The van der Waals surface area contributed by atoms with Crippen molar-refractivity contribution in [1.29, 1.82) is 0 Å². The molecule has 19 heavy (non-hydrogen) atoms. The maximum absolute atomic E-state index is 12.1. The van der Waals surface area contributed by atoms with Crippen LogP contribution < -0.4 is 5.32 Å². The zero-order chi connectivity index (χ0) is 13.5. The van der Waals surface area contributed by atoms with Crippen molar-refractivity contribution in [3.05, 3.63) is 59.4 Å². The number of nitrogens with one attached hydrogen (secondary N) is 1. The number of carbonyl (C=O) groups is 1. The fourth-order valence-corrected chi connectivity index (χ4v) is 2.43. The van der Waals surface area contributed by atoms with Crippen LogP contribution in [0.15, 0.2) is 42.7 Å². The average molecular weight is 254 g/mol. The molecular formula is C15H14N2O2. The number of fused-ring (bicyclic) bond motifs is 1. The highest BCUT2D eigenvalue weighted by atomic mass is 16.3. The Morgan fingerprint density at radius 1 is 1.26 bits per heavy atom. The molecule has 2 heterocycles. The molecule has 1 unspecified atom stereocenters. The zero-order valence-corrected chi connectivity index (χ0v) is 10.6. The number of hydrogen-bond acceptors (Lipinski definition) is 3. The summed E-state index contributed by atoms with van der Waals surface area (Å²) in [6.45, 7) is 1.94. The average Bonchev–Trinajstić information content (AvgIpc) is 2.64. The summed E-state index contributed by atoms with van der Waals surface area (Å²) in [7, 11) is 0. The van der Waals surface area contributed by atoms with E-state index in [9.17, 15) is 9.90 Å². The Morgan fingerprint density at radius 2 is 2.00 bits per heavy atom. The predicted molar refractivity (Wildman–Crippen MR) is 71.6 cm³/mol. The standard InChI is InChI=1S/C15H14N2O2/c1-10-2-3-13-12(8-10)15(19,14(18)17-13)9-11-4-6-16-7-5-11/h2-8,19H,9H2,1H3,(H,17,18). The van der Waals surface area contributed by atoms with Crippen molar-refractivity contribution in [2.45, 2.75) is 18.9 Å². The van der Waals surface area contributed by atoms with Crippen LogP contribution in [-0.2, 0) is 16.8 Å². The smallest absolute Gasteiger partial charge is 0.261 e. The predicted octanol–water partition coefficient (Wildman–Crippen LogP) is 1.77. The molecule has 1 aromatic carbocycles. The third kappa shape index (κ3) is 1.90. The lowest BCUT2D eigenvalue weighted by molar-refractivity contribution is -0.133. The Kier molecular flexibility index (Phi) is 2.61. The van der Waals surface area contributed by atoms with Gasteiger partial charge in [0.05, 0.1) is 0 Å². The molecule has 3 rings (SSSR count). The summed E-state index contributed by atoms with van der Waals surface area (Å²) in [6.07, 6.45) is 3.56. The molecule has 1 atom stereocenters. The highest BCUT2D eigenvalue weighted by Crippen LogP contribution is 2.38. The van der Waals surface area contributed by atoms with Gasteiger partial charge in [-0.05, 0) is 30.7 Å². The van der Waals surface area contributed by atoms with Crippen LogP contribution in [0.4, 0.5) is 5.69 Å². The van der Waals surface area contributed by atoms with Crippen LogP contribution in [0.2, 0.25) is 0 Å². The lowest BCUT2D eigenvalue weighted by Crippen LogP contribution is -2.36. The van der Waals surface area contributed by atoms with Gasteiger partial charge in [0.15, 0.2) is 5.60 Å². The number of aryl methyl sites for hydroxylation is 1. The summed E-state index contributed by atoms with van der Waals surface area (Å²) < 4.78 is 0. The van der Waals surface area contributed by atoms with Crippen LogP contribution in [0.25, 0.3) is 0 Å². The zero-order valence-electron chi connectivity index (χ0n) is 10.6. The number of pyridine rings is 1. The third-order valence-corrected chi connectivity index (χ3v) is 3.45. The van der Waals surface area contributed by atoms with Gasteiger partial charge in [0.1, 0.15) is 0 Å². The van der Waals surface area contributed by atoms with Crippen molar-refractivity contribution in [2.24, 2.45) is 0 Å². The Hall–Kier alpha value is -2.20. The van der Waals surface area contributed by atoms with Gasteiger partial charge in [-0.2, -0.15) is 0 Å². The second-order valence-electron chi connectivity index (χ2n) is 4.90.